The van der Waals surface area contributed by atoms with Gasteiger partial charge in [0.2, 0.25) is 5.91 Å². The van der Waals surface area contributed by atoms with Gasteiger partial charge in [-0.25, -0.2) is 8.42 Å². The SMILES string of the molecule is CCS(=O)(=O)c1ccc(NCC(=O)NCCc2ccccc2)cc1. The highest BCUT2D eigenvalue weighted by Gasteiger charge is 2.10. The van der Waals surface area contributed by atoms with Crippen molar-refractivity contribution in [1.82, 2.24) is 5.32 Å². The molecule has 0 unspecified atom stereocenters. The average Bonchev–Trinajstić information content (AvgIpc) is 2.61. The summed E-state index contributed by atoms with van der Waals surface area (Å²) in [5, 5.41) is 5.83. The van der Waals surface area contributed by atoms with Gasteiger partial charge >= 0.3 is 0 Å². The lowest BCUT2D eigenvalue weighted by atomic mass is 10.1. The monoisotopic (exact) mass is 346 g/mol. The molecule has 5 nitrogen and oxygen atoms in total. The van der Waals surface area contributed by atoms with E-state index in [1.807, 2.05) is 30.3 Å². The number of sulfone groups is 1. The third kappa shape index (κ3) is 5.38. The van der Waals surface area contributed by atoms with Crippen LogP contribution in [0.25, 0.3) is 0 Å². The van der Waals surface area contributed by atoms with E-state index in [1.54, 1.807) is 31.2 Å². The second-order valence-electron chi connectivity index (χ2n) is 5.37. The molecule has 0 aliphatic carbocycles. The summed E-state index contributed by atoms with van der Waals surface area (Å²) in [6.07, 6.45) is 0.788. The smallest absolute Gasteiger partial charge is 0.239 e. The molecule has 2 N–H and O–H groups in total. The predicted molar refractivity (Wildman–Crippen MR) is 95.8 cm³/mol. The maximum Gasteiger partial charge on any atom is 0.239 e. The number of amides is 1. The van der Waals surface area contributed by atoms with Gasteiger partial charge in [0, 0.05) is 12.2 Å². The van der Waals surface area contributed by atoms with Crippen LogP contribution >= 0.6 is 0 Å². The highest BCUT2D eigenvalue weighted by atomic mass is 32.2. The zero-order valence-corrected chi connectivity index (χ0v) is 14.5. The van der Waals surface area contributed by atoms with Gasteiger partial charge in [0.1, 0.15) is 0 Å². The number of hydrogen-bond donors (Lipinski definition) is 2. The molecule has 0 heterocycles. The average molecular weight is 346 g/mol. The molecule has 2 aromatic rings. The topological polar surface area (TPSA) is 75.3 Å². The number of carbonyl (C=O) groups excluding carboxylic acids is 1. The van der Waals surface area contributed by atoms with Gasteiger partial charge in [0.25, 0.3) is 0 Å². The van der Waals surface area contributed by atoms with Crippen LogP contribution in [0.3, 0.4) is 0 Å². The Morgan fingerprint density at radius 1 is 1.00 bits per heavy atom. The van der Waals surface area contributed by atoms with Crippen molar-refractivity contribution in [3.8, 4) is 0 Å². The third-order valence-corrected chi connectivity index (χ3v) is 5.38. The van der Waals surface area contributed by atoms with Gasteiger partial charge in [-0.15, -0.1) is 0 Å². The molecule has 0 fully saturated rings. The first-order valence-electron chi connectivity index (χ1n) is 7.88. The summed E-state index contributed by atoms with van der Waals surface area (Å²) in [5.74, 6) is -0.0277. The molecule has 0 radical (unpaired) electrons. The van der Waals surface area contributed by atoms with Crippen LogP contribution < -0.4 is 10.6 Å². The van der Waals surface area contributed by atoms with Crippen molar-refractivity contribution in [1.29, 1.82) is 0 Å². The second kappa shape index (κ2) is 8.49. The number of benzene rings is 2. The maximum atomic E-state index is 11.8. The first kappa shape index (κ1) is 18.0. The van der Waals surface area contributed by atoms with Crippen LogP contribution in [0, 0.1) is 0 Å². The van der Waals surface area contributed by atoms with Crippen LogP contribution in [0.2, 0.25) is 0 Å². The van der Waals surface area contributed by atoms with Crippen molar-refractivity contribution in [3.05, 3.63) is 60.2 Å². The minimum absolute atomic E-state index is 0.0730. The normalized spacial score (nSPS) is 11.0. The molecule has 0 aromatic heterocycles. The van der Waals surface area contributed by atoms with Crippen LogP contribution in [-0.2, 0) is 21.1 Å². The van der Waals surface area contributed by atoms with Gasteiger partial charge in [0.05, 0.1) is 17.2 Å². The van der Waals surface area contributed by atoms with Crippen molar-refractivity contribution in [2.24, 2.45) is 0 Å². The Labute approximate surface area is 143 Å². The lowest BCUT2D eigenvalue weighted by Gasteiger charge is -2.09. The number of nitrogens with one attached hydrogen (secondary N) is 2. The summed E-state index contributed by atoms with van der Waals surface area (Å²) in [5.41, 5.74) is 1.89. The number of anilines is 1. The molecule has 128 valence electrons. The van der Waals surface area contributed by atoms with Crippen LogP contribution in [0.1, 0.15) is 12.5 Å². The van der Waals surface area contributed by atoms with Crippen LogP contribution in [0.4, 0.5) is 5.69 Å². The highest BCUT2D eigenvalue weighted by molar-refractivity contribution is 7.91. The van der Waals surface area contributed by atoms with Crippen molar-refractivity contribution in [3.63, 3.8) is 0 Å². The number of hydrogen-bond acceptors (Lipinski definition) is 4. The van der Waals surface area contributed by atoms with E-state index in [-0.39, 0.29) is 18.2 Å². The van der Waals surface area contributed by atoms with E-state index in [9.17, 15) is 13.2 Å². The predicted octanol–water partition coefficient (Wildman–Crippen LogP) is 2.25. The van der Waals surface area contributed by atoms with Gasteiger partial charge in [-0.05, 0) is 36.2 Å². The molecule has 0 atom stereocenters. The molecule has 2 rings (SSSR count). The minimum Gasteiger partial charge on any atom is -0.376 e. The van der Waals surface area contributed by atoms with E-state index >= 15 is 0 Å². The van der Waals surface area contributed by atoms with Gasteiger partial charge in [0.15, 0.2) is 9.84 Å². The Kier molecular flexibility index (Phi) is 6.37. The van der Waals surface area contributed by atoms with Crippen LogP contribution in [0.5, 0.6) is 0 Å². The first-order chi connectivity index (χ1) is 11.5. The van der Waals surface area contributed by atoms with Gasteiger partial charge in [-0.2, -0.15) is 0 Å². The Balaban J connectivity index is 1.75. The lowest BCUT2D eigenvalue weighted by Crippen LogP contribution is -2.31. The molecule has 24 heavy (non-hydrogen) atoms. The van der Waals surface area contributed by atoms with Gasteiger partial charge in [-0.3, -0.25) is 4.79 Å². The number of rotatable bonds is 8. The molecule has 1 amide bonds. The number of carbonyl (C=O) groups is 1. The second-order valence-corrected chi connectivity index (χ2v) is 7.65. The quantitative estimate of drug-likeness (QED) is 0.769. The fourth-order valence-corrected chi connectivity index (χ4v) is 3.07. The van der Waals surface area contributed by atoms with Gasteiger partial charge in [-0.1, -0.05) is 37.3 Å². The largest absolute Gasteiger partial charge is 0.376 e. The molecule has 0 saturated carbocycles. The fraction of sp³-hybridized carbons (Fsp3) is 0.278. The summed E-state index contributed by atoms with van der Waals surface area (Å²) < 4.78 is 23.5. The Bertz CT molecular complexity index is 757. The molecule has 0 saturated heterocycles. The summed E-state index contributed by atoms with van der Waals surface area (Å²) in [6.45, 7) is 2.34. The minimum atomic E-state index is -3.19. The van der Waals surface area contributed by atoms with Crippen LogP contribution in [0.15, 0.2) is 59.5 Å². The van der Waals surface area contributed by atoms with Crippen LogP contribution in [-0.4, -0.2) is 33.2 Å². The summed E-state index contributed by atoms with van der Waals surface area (Å²) >= 11 is 0. The summed E-state index contributed by atoms with van der Waals surface area (Å²) in [7, 11) is -3.19. The van der Waals surface area contributed by atoms with E-state index < -0.39 is 9.84 Å². The molecule has 2 aromatic carbocycles. The van der Waals surface area contributed by atoms with E-state index in [0.717, 1.165) is 6.42 Å². The Morgan fingerprint density at radius 2 is 1.67 bits per heavy atom. The summed E-state index contributed by atoms with van der Waals surface area (Å²) in [4.78, 5) is 12.1. The standard InChI is InChI=1S/C18H22N2O3S/c1-2-24(22,23)17-10-8-16(9-11-17)20-14-18(21)19-13-12-15-6-4-3-5-7-15/h3-11,20H,2,12-14H2,1H3,(H,19,21). The molecule has 0 spiro atoms. The molecule has 0 bridgehead atoms. The van der Waals surface area contributed by atoms with Gasteiger partial charge < -0.3 is 10.6 Å². The Morgan fingerprint density at radius 3 is 2.29 bits per heavy atom. The Hall–Kier alpha value is -2.34. The first-order valence-corrected chi connectivity index (χ1v) is 9.54. The molecular formula is C18H22N2O3S. The van der Waals surface area contributed by atoms with E-state index in [4.69, 9.17) is 0 Å². The van der Waals surface area contributed by atoms with Crippen molar-refractivity contribution < 1.29 is 13.2 Å². The van der Waals surface area contributed by atoms with E-state index in [0.29, 0.717) is 17.1 Å². The third-order valence-electron chi connectivity index (χ3n) is 3.63. The summed E-state index contributed by atoms with van der Waals surface area (Å²) in [6, 6.07) is 16.4. The molecule has 6 heteroatoms. The molecule has 0 aliphatic rings. The zero-order chi connectivity index (χ0) is 17.4. The van der Waals surface area contributed by atoms with Crippen molar-refractivity contribution >= 4 is 21.4 Å². The van der Waals surface area contributed by atoms with E-state index in [1.165, 1.54) is 5.56 Å². The fourth-order valence-electron chi connectivity index (χ4n) is 2.18. The zero-order valence-electron chi connectivity index (χ0n) is 13.7. The van der Waals surface area contributed by atoms with E-state index in [2.05, 4.69) is 10.6 Å². The van der Waals surface area contributed by atoms with Crippen molar-refractivity contribution in [2.75, 3.05) is 24.2 Å². The maximum absolute atomic E-state index is 11.8. The molecular weight excluding hydrogens is 324 g/mol. The van der Waals surface area contributed by atoms with Crippen molar-refractivity contribution in [2.45, 2.75) is 18.2 Å². The lowest BCUT2D eigenvalue weighted by molar-refractivity contribution is -0.119. The highest BCUT2D eigenvalue weighted by Crippen LogP contribution is 2.15. The molecule has 0 aliphatic heterocycles.